The molecule has 148 valence electrons. The number of benzene rings is 2. The van der Waals surface area contributed by atoms with Crippen molar-refractivity contribution in [2.45, 2.75) is 37.0 Å². The molecule has 7 nitrogen and oxygen atoms in total. The Hall–Kier alpha value is -2.29. The Bertz CT molecular complexity index is 782. The Morgan fingerprint density at radius 1 is 1.04 bits per heavy atom. The standard InChI is InChI=1S/C21H22O7/c1-24-21-18(27-19(23)13-8-4-2-5-9-13)16(22)17-15(26-21)12-25-20(28-17)14-10-6-3-7-11-14/h2-11,15-18,20-22H,12H2,1H3/t15-,16-,17-,18+,20?,21+/m1/s1. The van der Waals surface area contributed by atoms with E-state index in [4.69, 9.17) is 23.7 Å². The van der Waals surface area contributed by atoms with Gasteiger partial charge in [-0.15, -0.1) is 0 Å². The van der Waals surface area contributed by atoms with E-state index >= 15 is 0 Å². The molecular formula is C21H22O7. The summed E-state index contributed by atoms with van der Waals surface area (Å²) in [5, 5.41) is 10.9. The molecule has 0 aliphatic carbocycles. The van der Waals surface area contributed by atoms with Crippen LogP contribution < -0.4 is 0 Å². The molecule has 6 atom stereocenters. The molecule has 2 aromatic rings. The van der Waals surface area contributed by atoms with Crippen LogP contribution in [0.1, 0.15) is 22.2 Å². The van der Waals surface area contributed by atoms with Crippen LogP contribution in [0.5, 0.6) is 0 Å². The molecule has 0 spiro atoms. The molecule has 1 unspecified atom stereocenters. The van der Waals surface area contributed by atoms with Gasteiger partial charge in [0.25, 0.3) is 0 Å². The average Bonchev–Trinajstić information content (AvgIpc) is 2.76. The summed E-state index contributed by atoms with van der Waals surface area (Å²) in [6.07, 6.45) is -4.99. The van der Waals surface area contributed by atoms with Gasteiger partial charge in [-0.25, -0.2) is 4.79 Å². The summed E-state index contributed by atoms with van der Waals surface area (Å²) in [6.45, 7) is 0.223. The number of hydrogen-bond acceptors (Lipinski definition) is 7. The summed E-state index contributed by atoms with van der Waals surface area (Å²) >= 11 is 0. The molecule has 2 aliphatic heterocycles. The summed E-state index contributed by atoms with van der Waals surface area (Å²) in [5.74, 6) is -0.569. The van der Waals surface area contributed by atoms with Crippen molar-refractivity contribution in [1.29, 1.82) is 0 Å². The number of aliphatic hydroxyl groups is 1. The number of aliphatic hydroxyl groups excluding tert-OH is 1. The lowest BCUT2D eigenvalue weighted by Gasteiger charge is -2.46. The second-order valence-corrected chi connectivity index (χ2v) is 6.68. The highest BCUT2D eigenvalue weighted by molar-refractivity contribution is 5.89. The molecule has 0 aromatic heterocycles. The van der Waals surface area contributed by atoms with Crippen LogP contribution in [0.4, 0.5) is 0 Å². The van der Waals surface area contributed by atoms with Crippen molar-refractivity contribution in [3.8, 4) is 0 Å². The number of hydrogen-bond donors (Lipinski definition) is 1. The zero-order valence-corrected chi connectivity index (χ0v) is 15.3. The summed E-state index contributed by atoms with van der Waals surface area (Å²) in [4.78, 5) is 12.5. The fraction of sp³-hybridized carbons (Fsp3) is 0.381. The van der Waals surface area contributed by atoms with Crippen LogP contribution in [0, 0.1) is 0 Å². The SMILES string of the molecule is CO[C@H]1O[C@@H]2COC(c3ccccc3)O[C@H]2[C@@H](O)[C@@H]1OC(=O)c1ccccc1. The molecule has 28 heavy (non-hydrogen) atoms. The van der Waals surface area contributed by atoms with Gasteiger partial charge < -0.3 is 28.8 Å². The predicted octanol–water partition coefficient (Wildman–Crippen LogP) is 2.06. The molecule has 2 heterocycles. The van der Waals surface area contributed by atoms with Crippen LogP contribution in [0.3, 0.4) is 0 Å². The van der Waals surface area contributed by atoms with Crippen LogP contribution in [0.25, 0.3) is 0 Å². The van der Waals surface area contributed by atoms with E-state index in [1.54, 1.807) is 30.3 Å². The van der Waals surface area contributed by atoms with Crippen molar-refractivity contribution in [1.82, 2.24) is 0 Å². The lowest BCUT2D eigenvalue weighted by Crippen LogP contribution is -2.63. The Morgan fingerprint density at radius 2 is 1.71 bits per heavy atom. The zero-order chi connectivity index (χ0) is 19.5. The van der Waals surface area contributed by atoms with Crippen molar-refractivity contribution in [2.75, 3.05) is 13.7 Å². The molecule has 1 N–H and O–H groups in total. The molecule has 0 radical (unpaired) electrons. The van der Waals surface area contributed by atoms with Gasteiger partial charge in [-0.2, -0.15) is 0 Å². The maximum atomic E-state index is 12.5. The van der Waals surface area contributed by atoms with Gasteiger partial charge in [0, 0.05) is 12.7 Å². The molecule has 2 fully saturated rings. The Balaban J connectivity index is 1.50. The van der Waals surface area contributed by atoms with Crippen LogP contribution in [-0.2, 0) is 23.7 Å². The van der Waals surface area contributed by atoms with Crippen molar-refractivity contribution >= 4 is 5.97 Å². The fourth-order valence-corrected chi connectivity index (χ4v) is 3.43. The number of ether oxygens (including phenoxy) is 5. The third kappa shape index (κ3) is 3.80. The van der Waals surface area contributed by atoms with Gasteiger partial charge in [-0.1, -0.05) is 48.5 Å². The number of rotatable bonds is 4. The first kappa shape index (κ1) is 19.0. The molecule has 4 rings (SSSR count). The third-order valence-corrected chi connectivity index (χ3v) is 4.87. The fourth-order valence-electron chi connectivity index (χ4n) is 3.43. The number of fused-ring (bicyclic) bond motifs is 1. The summed E-state index contributed by atoms with van der Waals surface area (Å²) in [6, 6.07) is 18.0. The van der Waals surface area contributed by atoms with Crippen LogP contribution in [-0.4, -0.2) is 55.5 Å². The molecule has 2 saturated heterocycles. The maximum absolute atomic E-state index is 12.5. The topological polar surface area (TPSA) is 83.5 Å². The third-order valence-electron chi connectivity index (χ3n) is 4.87. The van der Waals surface area contributed by atoms with Crippen molar-refractivity contribution in [3.05, 3.63) is 71.8 Å². The van der Waals surface area contributed by atoms with Gasteiger partial charge >= 0.3 is 5.97 Å². The van der Waals surface area contributed by atoms with Gasteiger partial charge in [0.1, 0.15) is 18.3 Å². The van der Waals surface area contributed by atoms with Crippen LogP contribution in [0.2, 0.25) is 0 Å². The minimum Gasteiger partial charge on any atom is -0.450 e. The van der Waals surface area contributed by atoms with Crippen molar-refractivity contribution in [2.24, 2.45) is 0 Å². The molecule has 0 saturated carbocycles. The minimum atomic E-state index is -1.13. The highest BCUT2D eigenvalue weighted by Gasteiger charge is 2.51. The number of carbonyl (C=O) groups excluding carboxylic acids is 1. The second kappa shape index (κ2) is 8.38. The van der Waals surface area contributed by atoms with E-state index in [9.17, 15) is 9.90 Å². The monoisotopic (exact) mass is 386 g/mol. The molecule has 2 aliphatic rings. The molecule has 2 aromatic carbocycles. The maximum Gasteiger partial charge on any atom is 0.338 e. The first-order valence-corrected chi connectivity index (χ1v) is 9.11. The van der Waals surface area contributed by atoms with E-state index in [1.165, 1.54) is 7.11 Å². The molecule has 0 bridgehead atoms. The summed E-state index contributed by atoms with van der Waals surface area (Å²) < 4.78 is 28.4. The summed E-state index contributed by atoms with van der Waals surface area (Å²) in [7, 11) is 1.43. The van der Waals surface area contributed by atoms with E-state index in [2.05, 4.69) is 0 Å². The predicted molar refractivity (Wildman–Crippen MR) is 97.3 cm³/mol. The Labute approximate surface area is 162 Å². The van der Waals surface area contributed by atoms with E-state index < -0.39 is 43.0 Å². The van der Waals surface area contributed by atoms with E-state index in [0.717, 1.165) is 5.56 Å². The molecule has 7 heteroatoms. The first-order valence-electron chi connectivity index (χ1n) is 9.11. The number of esters is 1. The van der Waals surface area contributed by atoms with E-state index in [1.807, 2.05) is 30.3 Å². The Morgan fingerprint density at radius 3 is 2.39 bits per heavy atom. The van der Waals surface area contributed by atoms with E-state index in [0.29, 0.717) is 5.56 Å². The number of methoxy groups -OCH3 is 1. The highest BCUT2D eigenvalue weighted by Crippen LogP contribution is 2.35. The number of carbonyl (C=O) groups is 1. The lowest BCUT2D eigenvalue weighted by molar-refractivity contribution is -0.357. The Kier molecular flexibility index (Phi) is 5.70. The van der Waals surface area contributed by atoms with Crippen molar-refractivity contribution in [3.63, 3.8) is 0 Å². The largest absolute Gasteiger partial charge is 0.450 e. The second-order valence-electron chi connectivity index (χ2n) is 6.68. The quantitative estimate of drug-likeness (QED) is 0.806. The lowest BCUT2D eigenvalue weighted by atomic mass is 9.97. The van der Waals surface area contributed by atoms with Gasteiger partial charge in [-0.3, -0.25) is 0 Å². The van der Waals surface area contributed by atoms with Gasteiger partial charge in [0.05, 0.1) is 12.2 Å². The van der Waals surface area contributed by atoms with Crippen molar-refractivity contribution < 1.29 is 33.6 Å². The van der Waals surface area contributed by atoms with Crippen LogP contribution >= 0.6 is 0 Å². The molecule has 0 amide bonds. The molecular weight excluding hydrogens is 364 g/mol. The smallest absolute Gasteiger partial charge is 0.338 e. The van der Waals surface area contributed by atoms with Gasteiger partial charge in [-0.05, 0) is 12.1 Å². The normalized spacial score (nSPS) is 32.4. The summed E-state index contributed by atoms with van der Waals surface area (Å²) in [5.41, 5.74) is 1.21. The van der Waals surface area contributed by atoms with Gasteiger partial charge in [0.15, 0.2) is 18.7 Å². The van der Waals surface area contributed by atoms with Crippen LogP contribution in [0.15, 0.2) is 60.7 Å². The zero-order valence-electron chi connectivity index (χ0n) is 15.3. The average molecular weight is 386 g/mol. The minimum absolute atomic E-state index is 0.223. The van der Waals surface area contributed by atoms with E-state index in [-0.39, 0.29) is 6.61 Å². The highest BCUT2D eigenvalue weighted by atomic mass is 16.8. The van der Waals surface area contributed by atoms with Gasteiger partial charge in [0.2, 0.25) is 0 Å². The first-order chi connectivity index (χ1) is 13.7.